The van der Waals surface area contributed by atoms with Crippen LogP contribution in [0.5, 0.6) is 0 Å². The summed E-state index contributed by atoms with van der Waals surface area (Å²) >= 11 is 0. The lowest BCUT2D eigenvalue weighted by Gasteiger charge is -2.39. The molecule has 7 nitrogen and oxygen atoms in total. The first-order valence-electron chi connectivity index (χ1n) is 10.6. The number of nitrogens with zero attached hydrogens (tertiary/aromatic N) is 2. The number of piperidine rings is 1. The summed E-state index contributed by atoms with van der Waals surface area (Å²) in [6, 6.07) is -0.392. The van der Waals surface area contributed by atoms with Crippen molar-refractivity contribution >= 4 is 17.8 Å². The lowest BCUT2D eigenvalue weighted by Crippen LogP contribution is -2.51. The van der Waals surface area contributed by atoms with Crippen molar-refractivity contribution < 1.29 is 14.4 Å². The first-order chi connectivity index (χ1) is 13.0. The van der Waals surface area contributed by atoms with E-state index in [-0.39, 0.29) is 18.4 Å². The highest BCUT2D eigenvalue weighted by Gasteiger charge is 2.53. The molecule has 0 radical (unpaired) electrons. The molecule has 3 heterocycles. The van der Waals surface area contributed by atoms with E-state index in [1.165, 1.54) is 6.42 Å². The summed E-state index contributed by atoms with van der Waals surface area (Å²) in [4.78, 5) is 41.2. The van der Waals surface area contributed by atoms with Crippen molar-refractivity contribution in [3.05, 3.63) is 0 Å². The quantitative estimate of drug-likeness (QED) is 0.731. The van der Waals surface area contributed by atoms with E-state index in [4.69, 9.17) is 0 Å². The number of likely N-dealkylation sites (tertiary alicyclic amines) is 1. The topological polar surface area (TPSA) is 81.8 Å². The van der Waals surface area contributed by atoms with Gasteiger partial charge in [0.15, 0.2) is 0 Å². The van der Waals surface area contributed by atoms with E-state index in [1.54, 1.807) is 0 Å². The van der Waals surface area contributed by atoms with Gasteiger partial charge in [0.2, 0.25) is 5.91 Å². The zero-order valence-electron chi connectivity index (χ0n) is 16.4. The minimum Gasteiger partial charge on any atom is -0.341 e. The fourth-order valence-electron chi connectivity index (χ4n) is 5.43. The molecule has 4 fully saturated rings. The molecule has 0 unspecified atom stereocenters. The van der Waals surface area contributed by atoms with E-state index < -0.39 is 11.6 Å². The van der Waals surface area contributed by atoms with Crippen LogP contribution in [0, 0.1) is 11.3 Å². The van der Waals surface area contributed by atoms with Crippen molar-refractivity contribution in [2.24, 2.45) is 11.3 Å². The molecule has 7 heteroatoms. The van der Waals surface area contributed by atoms with E-state index in [2.05, 4.69) is 17.6 Å². The molecule has 150 valence electrons. The Morgan fingerprint density at radius 1 is 1.11 bits per heavy atom. The molecule has 0 atom stereocenters. The molecule has 27 heavy (non-hydrogen) atoms. The number of carbonyl (C=O) groups excluding carboxylic acids is 3. The van der Waals surface area contributed by atoms with Crippen LogP contribution in [0.4, 0.5) is 4.79 Å². The van der Waals surface area contributed by atoms with Gasteiger partial charge in [-0.1, -0.05) is 13.3 Å². The van der Waals surface area contributed by atoms with E-state index in [0.29, 0.717) is 24.2 Å². The largest absolute Gasteiger partial charge is 0.341 e. The predicted molar refractivity (Wildman–Crippen MR) is 101 cm³/mol. The molecule has 3 saturated heterocycles. The van der Waals surface area contributed by atoms with Crippen LogP contribution in [-0.4, -0.2) is 65.9 Å². The summed E-state index contributed by atoms with van der Waals surface area (Å²) in [6.45, 7) is 5.63. The van der Waals surface area contributed by atoms with Gasteiger partial charge in [0.1, 0.15) is 12.1 Å². The lowest BCUT2D eigenvalue weighted by molar-refractivity contribution is -0.140. The number of hydrogen-bond donors (Lipinski definition) is 2. The summed E-state index contributed by atoms with van der Waals surface area (Å²) in [5.41, 5.74) is -0.413. The fourth-order valence-corrected chi connectivity index (χ4v) is 5.43. The highest BCUT2D eigenvalue weighted by molar-refractivity contribution is 6.09. The van der Waals surface area contributed by atoms with Gasteiger partial charge in [-0.15, -0.1) is 0 Å². The third-order valence-corrected chi connectivity index (χ3v) is 7.58. The van der Waals surface area contributed by atoms with Gasteiger partial charge in [0.05, 0.1) is 0 Å². The number of carbonyl (C=O) groups is 3. The third-order valence-electron chi connectivity index (χ3n) is 7.58. The molecule has 0 aromatic heterocycles. The molecule has 4 rings (SSSR count). The van der Waals surface area contributed by atoms with Crippen LogP contribution in [0.15, 0.2) is 0 Å². The summed E-state index contributed by atoms with van der Waals surface area (Å²) in [5, 5.41) is 6.35. The number of hydrogen-bond acceptors (Lipinski definition) is 4. The van der Waals surface area contributed by atoms with Gasteiger partial charge in [-0.2, -0.15) is 0 Å². The second-order valence-electron chi connectivity index (χ2n) is 9.06. The fraction of sp³-hybridized carbons (Fsp3) is 0.850. The summed E-state index contributed by atoms with van der Waals surface area (Å²) in [6.07, 6.45) is 7.64. The summed E-state index contributed by atoms with van der Waals surface area (Å²) < 4.78 is 0. The van der Waals surface area contributed by atoms with Crippen LogP contribution in [0.2, 0.25) is 0 Å². The predicted octanol–water partition coefficient (Wildman–Crippen LogP) is 1.48. The summed E-state index contributed by atoms with van der Waals surface area (Å²) in [7, 11) is 0. The van der Waals surface area contributed by atoms with Crippen LogP contribution < -0.4 is 10.6 Å². The van der Waals surface area contributed by atoms with Gasteiger partial charge in [-0.3, -0.25) is 14.5 Å². The number of imide groups is 1. The van der Waals surface area contributed by atoms with Crippen LogP contribution in [0.3, 0.4) is 0 Å². The molecule has 0 aromatic rings. The average Bonchev–Trinajstić information content (AvgIpc) is 3.22. The molecular weight excluding hydrogens is 344 g/mol. The Morgan fingerprint density at radius 3 is 2.41 bits per heavy atom. The second kappa shape index (κ2) is 7.08. The van der Waals surface area contributed by atoms with Gasteiger partial charge >= 0.3 is 6.03 Å². The molecule has 4 amide bonds. The molecule has 2 N–H and O–H groups in total. The van der Waals surface area contributed by atoms with Gasteiger partial charge in [-0.25, -0.2) is 4.79 Å². The first kappa shape index (κ1) is 18.7. The van der Waals surface area contributed by atoms with Gasteiger partial charge in [0, 0.05) is 19.6 Å². The van der Waals surface area contributed by atoms with Crippen LogP contribution in [0.1, 0.15) is 58.3 Å². The zero-order chi connectivity index (χ0) is 19.1. The van der Waals surface area contributed by atoms with Crippen molar-refractivity contribution in [3.63, 3.8) is 0 Å². The first-order valence-corrected chi connectivity index (χ1v) is 10.6. The minimum atomic E-state index is -0.759. The van der Waals surface area contributed by atoms with Crippen LogP contribution >= 0.6 is 0 Å². The Labute approximate surface area is 161 Å². The Morgan fingerprint density at radius 2 is 1.81 bits per heavy atom. The van der Waals surface area contributed by atoms with E-state index in [1.807, 2.05) is 4.90 Å². The maximum atomic E-state index is 13.0. The van der Waals surface area contributed by atoms with Gasteiger partial charge in [0.25, 0.3) is 5.91 Å². The maximum Gasteiger partial charge on any atom is 0.325 e. The van der Waals surface area contributed by atoms with E-state index >= 15 is 0 Å². The number of urea groups is 1. The van der Waals surface area contributed by atoms with E-state index in [9.17, 15) is 14.4 Å². The highest BCUT2D eigenvalue weighted by Crippen LogP contribution is 2.38. The summed E-state index contributed by atoms with van der Waals surface area (Å²) in [5.74, 6) is 0.351. The lowest BCUT2D eigenvalue weighted by atomic mass is 9.75. The van der Waals surface area contributed by atoms with Gasteiger partial charge in [-0.05, 0) is 62.8 Å². The highest BCUT2D eigenvalue weighted by atomic mass is 16.2. The third kappa shape index (κ3) is 3.35. The number of amides is 4. The van der Waals surface area contributed by atoms with Crippen LogP contribution in [0.25, 0.3) is 0 Å². The number of nitrogens with one attached hydrogen (secondary N) is 2. The Hall–Kier alpha value is -1.63. The minimum absolute atomic E-state index is 0.0985. The molecule has 0 aromatic carbocycles. The van der Waals surface area contributed by atoms with Crippen molar-refractivity contribution in [1.82, 2.24) is 20.4 Å². The zero-order valence-corrected chi connectivity index (χ0v) is 16.4. The standard InChI is InChI=1S/C20H32N4O3/c1-2-15-3-5-20(6-4-15)17(26)24(18(27)22-20)13-16(25)23-11-8-19(9-12-23)7-10-21-14-19/h15,21H,2-14H2,1H3,(H,22,27). The van der Waals surface area contributed by atoms with Crippen molar-refractivity contribution in [2.45, 2.75) is 63.8 Å². The monoisotopic (exact) mass is 376 g/mol. The van der Waals surface area contributed by atoms with E-state index in [0.717, 1.165) is 63.2 Å². The normalized spacial score (nSPS) is 33.1. The molecule has 2 spiro atoms. The van der Waals surface area contributed by atoms with Crippen molar-refractivity contribution in [2.75, 3.05) is 32.7 Å². The smallest absolute Gasteiger partial charge is 0.325 e. The molecule has 3 aliphatic heterocycles. The van der Waals surface area contributed by atoms with Crippen molar-refractivity contribution in [3.8, 4) is 0 Å². The van der Waals surface area contributed by atoms with Crippen LogP contribution in [-0.2, 0) is 9.59 Å². The van der Waals surface area contributed by atoms with Crippen molar-refractivity contribution in [1.29, 1.82) is 0 Å². The molecule has 4 aliphatic rings. The second-order valence-corrected chi connectivity index (χ2v) is 9.06. The molecule has 1 aliphatic carbocycles. The Kier molecular flexibility index (Phi) is 4.91. The average molecular weight is 377 g/mol. The molecular formula is C20H32N4O3. The Bertz CT molecular complexity index is 611. The Balaban J connectivity index is 1.34. The maximum absolute atomic E-state index is 13.0. The molecule has 0 bridgehead atoms. The molecule has 1 saturated carbocycles. The SMILES string of the molecule is CCC1CCC2(CC1)NC(=O)N(CC(=O)N1CCC3(CCNC3)CC1)C2=O. The van der Waals surface area contributed by atoms with Gasteiger partial charge < -0.3 is 15.5 Å². The number of rotatable bonds is 3.